The molecule has 90 valence electrons. The number of hydrogen-bond donors (Lipinski definition) is 2. The summed E-state index contributed by atoms with van der Waals surface area (Å²) in [7, 11) is 0. The number of carboxylic acid groups (broad SMARTS) is 1. The number of carbonyl (C=O) groups is 1. The van der Waals surface area contributed by atoms with Crippen molar-refractivity contribution in [1.82, 2.24) is 4.98 Å². The van der Waals surface area contributed by atoms with Gasteiger partial charge in [-0.15, -0.1) is 0 Å². The average molecular weight is 235 g/mol. The van der Waals surface area contributed by atoms with E-state index in [0.717, 1.165) is 0 Å². The fourth-order valence-electron chi connectivity index (χ4n) is 1.87. The molecular formula is C12H13NO4. The van der Waals surface area contributed by atoms with E-state index in [9.17, 15) is 9.90 Å². The number of phenolic OH excluding ortho intramolecular Hbond substituents is 1. The Balaban J connectivity index is 2.48. The SMILES string of the molecule is Cc1nc2ccc(C(C)CC(=O)O)c(O)c2o1. The van der Waals surface area contributed by atoms with Gasteiger partial charge in [-0.1, -0.05) is 13.0 Å². The highest BCUT2D eigenvalue weighted by atomic mass is 16.4. The van der Waals surface area contributed by atoms with Crippen molar-refractivity contribution in [2.75, 3.05) is 0 Å². The van der Waals surface area contributed by atoms with Crippen LogP contribution in [0.3, 0.4) is 0 Å². The van der Waals surface area contributed by atoms with E-state index in [4.69, 9.17) is 9.52 Å². The van der Waals surface area contributed by atoms with Crippen molar-refractivity contribution in [3.63, 3.8) is 0 Å². The third-order valence-corrected chi connectivity index (χ3v) is 2.68. The van der Waals surface area contributed by atoms with E-state index >= 15 is 0 Å². The maximum absolute atomic E-state index is 10.6. The van der Waals surface area contributed by atoms with E-state index in [1.54, 1.807) is 26.0 Å². The molecule has 0 aliphatic carbocycles. The lowest BCUT2D eigenvalue weighted by Crippen LogP contribution is -2.03. The van der Waals surface area contributed by atoms with Gasteiger partial charge in [0.15, 0.2) is 17.2 Å². The molecule has 0 saturated carbocycles. The second kappa shape index (κ2) is 4.08. The molecule has 2 N–H and O–H groups in total. The van der Waals surface area contributed by atoms with Crippen LogP contribution in [0.4, 0.5) is 0 Å². The van der Waals surface area contributed by atoms with Crippen molar-refractivity contribution in [3.8, 4) is 5.75 Å². The Bertz CT molecular complexity index is 573. The van der Waals surface area contributed by atoms with Gasteiger partial charge in [-0.25, -0.2) is 4.98 Å². The quantitative estimate of drug-likeness (QED) is 0.853. The summed E-state index contributed by atoms with van der Waals surface area (Å²) < 4.78 is 5.29. The highest BCUT2D eigenvalue weighted by Crippen LogP contribution is 2.34. The van der Waals surface area contributed by atoms with Crippen molar-refractivity contribution in [2.45, 2.75) is 26.2 Å². The first kappa shape index (κ1) is 11.4. The van der Waals surface area contributed by atoms with E-state index in [2.05, 4.69) is 4.98 Å². The number of benzene rings is 1. The van der Waals surface area contributed by atoms with E-state index in [1.165, 1.54) is 0 Å². The monoisotopic (exact) mass is 235 g/mol. The number of aryl methyl sites for hydroxylation is 1. The lowest BCUT2D eigenvalue weighted by molar-refractivity contribution is -0.137. The first-order valence-corrected chi connectivity index (χ1v) is 5.30. The summed E-state index contributed by atoms with van der Waals surface area (Å²) in [6.07, 6.45) is -0.0355. The van der Waals surface area contributed by atoms with Crippen LogP contribution in [0.1, 0.15) is 30.7 Å². The number of aromatic nitrogens is 1. The van der Waals surface area contributed by atoms with Gasteiger partial charge in [0.25, 0.3) is 0 Å². The molecule has 1 aromatic heterocycles. The van der Waals surface area contributed by atoms with Crippen molar-refractivity contribution < 1.29 is 19.4 Å². The summed E-state index contributed by atoms with van der Waals surface area (Å²) in [4.78, 5) is 14.7. The van der Waals surface area contributed by atoms with Gasteiger partial charge in [0.1, 0.15) is 5.52 Å². The molecule has 0 aliphatic rings. The number of carboxylic acids is 1. The molecule has 5 heteroatoms. The van der Waals surface area contributed by atoms with Gasteiger partial charge in [0.2, 0.25) is 0 Å². The largest absolute Gasteiger partial charge is 0.504 e. The first-order valence-electron chi connectivity index (χ1n) is 5.30. The van der Waals surface area contributed by atoms with E-state index in [1.807, 2.05) is 0 Å². The zero-order chi connectivity index (χ0) is 12.6. The standard InChI is InChI=1S/C12H13NO4/c1-6(5-10(14)15)8-3-4-9-12(11(8)16)17-7(2)13-9/h3-4,6,16H,5H2,1-2H3,(H,14,15). The number of hydrogen-bond acceptors (Lipinski definition) is 4. The highest BCUT2D eigenvalue weighted by Gasteiger charge is 2.18. The summed E-state index contributed by atoms with van der Waals surface area (Å²) in [5.41, 5.74) is 1.46. The zero-order valence-corrected chi connectivity index (χ0v) is 9.60. The van der Waals surface area contributed by atoms with Gasteiger partial charge >= 0.3 is 5.97 Å². The maximum atomic E-state index is 10.6. The number of oxazole rings is 1. The van der Waals surface area contributed by atoms with Gasteiger partial charge in [0, 0.05) is 12.5 Å². The summed E-state index contributed by atoms with van der Waals surface area (Å²) in [6.45, 7) is 3.44. The third kappa shape index (κ3) is 2.08. The summed E-state index contributed by atoms with van der Waals surface area (Å²) in [5.74, 6) is -0.719. The lowest BCUT2D eigenvalue weighted by atomic mass is 9.96. The molecule has 0 amide bonds. The Morgan fingerprint density at radius 2 is 2.24 bits per heavy atom. The molecule has 0 fully saturated rings. The molecule has 0 radical (unpaired) electrons. The number of nitrogens with zero attached hydrogens (tertiary/aromatic N) is 1. The summed E-state index contributed by atoms with van der Waals surface area (Å²) in [6, 6.07) is 3.41. The normalized spacial score (nSPS) is 12.8. The second-order valence-corrected chi connectivity index (χ2v) is 4.08. The number of phenols is 1. The van der Waals surface area contributed by atoms with Gasteiger partial charge < -0.3 is 14.6 Å². The van der Waals surface area contributed by atoms with Crippen molar-refractivity contribution >= 4 is 17.1 Å². The second-order valence-electron chi connectivity index (χ2n) is 4.08. The minimum absolute atomic E-state index is 0.0168. The van der Waals surface area contributed by atoms with Gasteiger partial charge in [0.05, 0.1) is 6.42 Å². The smallest absolute Gasteiger partial charge is 0.303 e. The molecule has 1 atom stereocenters. The molecule has 2 aromatic rings. The molecular weight excluding hydrogens is 222 g/mol. The Hall–Kier alpha value is -2.04. The number of aromatic hydroxyl groups is 1. The average Bonchev–Trinajstić information content (AvgIpc) is 2.58. The number of fused-ring (bicyclic) bond motifs is 1. The minimum atomic E-state index is -0.897. The van der Waals surface area contributed by atoms with Crippen molar-refractivity contribution in [3.05, 3.63) is 23.6 Å². The van der Waals surface area contributed by atoms with Crippen LogP contribution >= 0.6 is 0 Å². The van der Waals surface area contributed by atoms with Crippen molar-refractivity contribution in [2.24, 2.45) is 0 Å². The van der Waals surface area contributed by atoms with Crippen LogP contribution < -0.4 is 0 Å². The predicted octanol–water partition coefficient (Wildman–Crippen LogP) is 2.42. The fraction of sp³-hybridized carbons (Fsp3) is 0.333. The highest BCUT2D eigenvalue weighted by molar-refractivity contribution is 5.81. The topological polar surface area (TPSA) is 83.6 Å². The van der Waals surface area contributed by atoms with Crippen LogP contribution in [-0.2, 0) is 4.79 Å². The van der Waals surface area contributed by atoms with Crippen LogP contribution in [-0.4, -0.2) is 21.2 Å². The summed E-state index contributed by atoms with van der Waals surface area (Å²) >= 11 is 0. The summed E-state index contributed by atoms with van der Waals surface area (Å²) in [5, 5.41) is 18.8. The Morgan fingerprint density at radius 1 is 1.53 bits per heavy atom. The molecule has 0 saturated heterocycles. The van der Waals surface area contributed by atoms with Gasteiger partial charge in [-0.3, -0.25) is 4.79 Å². The fourth-order valence-corrected chi connectivity index (χ4v) is 1.87. The molecule has 0 spiro atoms. The van der Waals surface area contributed by atoms with Crippen LogP contribution in [0.25, 0.3) is 11.1 Å². The molecule has 1 heterocycles. The molecule has 0 aliphatic heterocycles. The molecule has 5 nitrogen and oxygen atoms in total. The first-order chi connectivity index (χ1) is 7.99. The predicted molar refractivity (Wildman–Crippen MR) is 61.1 cm³/mol. The molecule has 1 unspecified atom stereocenters. The minimum Gasteiger partial charge on any atom is -0.504 e. The Morgan fingerprint density at radius 3 is 2.88 bits per heavy atom. The molecule has 17 heavy (non-hydrogen) atoms. The van der Waals surface area contributed by atoms with Crippen LogP contribution in [0, 0.1) is 6.92 Å². The number of aliphatic carboxylic acids is 1. The molecule has 0 bridgehead atoms. The maximum Gasteiger partial charge on any atom is 0.303 e. The Kier molecular flexibility index (Phi) is 2.75. The molecule has 2 rings (SSSR count). The van der Waals surface area contributed by atoms with E-state index < -0.39 is 5.97 Å². The Labute approximate surface area is 97.7 Å². The van der Waals surface area contributed by atoms with Gasteiger partial charge in [-0.2, -0.15) is 0 Å². The third-order valence-electron chi connectivity index (χ3n) is 2.68. The van der Waals surface area contributed by atoms with E-state index in [0.29, 0.717) is 22.6 Å². The van der Waals surface area contributed by atoms with Crippen molar-refractivity contribution in [1.29, 1.82) is 0 Å². The number of rotatable bonds is 3. The van der Waals surface area contributed by atoms with Gasteiger partial charge in [-0.05, 0) is 12.0 Å². The van der Waals surface area contributed by atoms with E-state index in [-0.39, 0.29) is 18.1 Å². The van der Waals surface area contributed by atoms with Crippen LogP contribution in [0.2, 0.25) is 0 Å². The zero-order valence-electron chi connectivity index (χ0n) is 9.60. The van der Waals surface area contributed by atoms with Crippen LogP contribution in [0.5, 0.6) is 5.75 Å². The molecule has 1 aromatic carbocycles. The lowest BCUT2D eigenvalue weighted by Gasteiger charge is -2.10. The van der Waals surface area contributed by atoms with Crippen LogP contribution in [0.15, 0.2) is 16.5 Å².